The van der Waals surface area contributed by atoms with Crippen molar-refractivity contribution in [2.24, 2.45) is 0 Å². The molecule has 6 heteroatoms. The summed E-state index contributed by atoms with van der Waals surface area (Å²) in [6.45, 7) is 3.65. The number of aliphatic hydroxyl groups is 2. The number of hydrogen-bond acceptors (Lipinski definition) is 5. The highest BCUT2D eigenvalue weighted by Crippen LogP contribution is 2.34. The van der Waals surface area contributed by atoms with Crippen molar-refractivity contribution >= 4 is 16.8 Å². The van der Waals surface area contributed by atoms with Crippen LogP contribution >= 0.6 is 0 Å². The van der Waals surface area contributed by atoms with Crippen molar-refractivity contribution in [1.82, 2.24) is 0 Å². The Labute approximate surface area is 227 Å². The van der Waals surface area contributed by atoms with Crippen LogP contribution in [0.1, 0.15) is 58.4 Å². The highest BCUT2D eigenvalue weighted by Gasteiger charge is 2.31. The van der Waals surface area contributed by atoms with Gasteiger partial charge in [-0.2, -0.15) is 0 Å². The zero-order valence-corrected chi connectivity index (χ0v) is 22.0. The van der Waals surface area contributed by atoms with Crippen LogP contribution in [-0.4, -0.2) is 21.2 Å². The maximum absolute atomic E-state index is 13.4. The molecule has 0 saturated carbocycles. The quantitative estimate of drug-likeness (QED) is 0.179. The van der Waals surface area contributed by atoms with E-state index in [1.807, 2.05) is 61.5 Å². The number of hydrogen-bond donors (Lipinski definition) is 3. The van der Waals surface area contributed by atoms with Gasteiger partial charge in [0.25, 0.3) is 0 Å². The first kappa shape index (κ1) is 26.4. The van der Waals surface area contributed by atoms with Gasteiger partial charge in [-0.15, -0.1) is 0 Å². The van der Waals surface area contributed by atoms with E-state index in [0.29, 0.717) is 23.3 Å². The maximum Gasteiger partial charge on any atom is 0.222 e. The summed E-state index contributed by atoms with van der Waals surface area (Å²) in [6, 6.07) is 26.6. The molecule has 0 aliphatic rings. The molecule has 5 aromatic rings. The van der Waals surface area contributed by atoms with Crippen LogP contribution in [0, 0.1) is 6.92 Å². The number of ketones is 1. The highest BCUT2D eigenvalue weighted by molar-refractivity contribution is 5.85. The zero-order valence-electron chi connectivity index (χ0n) is 22.0. The molecular weight excluding hydrogens is 490 g/mol. The Morgan fingerprint density at radius 1 is 0.949 bits per heavy atom. The van der Waals surface area contributed by atoms with Gasteiger partial charge in [-0.25, -0.2) is 0 Å². The molecule has 0 amide bonds. The summed E-state index contributed by atoms with van der Waals surface area (Å²) in [5, 5.41) is 31.0. The number of Topliss-reactive ketones (excluding diaryl/α,β-unsaturated/α-hetero) is 1. The van der Waals surface area contributed by atoms with Crippen molar-refractivity contribution in [2.75, 3.05) is 0 Å². The fourth-order valence-electron chi connectivity index (χ4n) is 5.18. The van der Waals surface area contributed by atoms with Crippen LogP contribution in [0.5, 0.6) is 0 Å². The molecule has 6 nitrogen and oxygen atoms in total. The minimum absolute atomic E-state index is 0.0162. The summed E-state index contributed by atoms with van der Waals surface area (Å²) in [7, 11) is 0. The molecule has 0 aliphatic carbocycles. The zero-order chi connectivity index (χ0) is 27.6. The first-order valence-corrected chi connectivity index (χ1v) is 13.0. The number of fused-ring (bicyclic) bond motifs is 1. The molecule has 2 aromatic heterocycles. The Balaban J connectivity index is 1.38. The fraction of sp³-hybridized carbons (Fsp3) is 0.212. The first-order chi connectivity index (χ1) is 18.7. The number of pyridine rings is 1. The molecule has 0 fully saturated rings. The lowest BCUT2D eigenvalue weighted by molar-refractivity contribution is -0.904. The summed E-state index contributed by atoms with van der Waals surface area (Å²) in [5.74, 6) is 0.406. The molecular formula is C33H32NO5+. The van der Waals surface area contributed by atoms with E-state index < -0.39 is 5.60 Å². The van der Waals surface area contributed by atoms with Crippen LogP contribution < -0.4 is 4.73 Å². The van der Waals surface area contributed by atoms with Gasteiger partial charge in [0.2, 0.25) is 12.4 Å². The van der Waals surface area contributed by atoms with Crippen molar-refractivity contribution in [3.63, 3.8) is 0 Å². The van der Waals surface area contributed by atoms with Crippen LogP contribution in [0.25, 0.3) is 11.0 Å². The van der Waals surface area contributed by atoms with Crippen LogP contribution in [0.2, 0.25) is 0 Å². The standard InChI is InChI=1S/C33H32NO5/c1-22-16-24(21-35)8-10-29(22)30(25-6-4-3-5-7-25)20-28(36)18-23-9-11-31-26(17-23)19-32(39-31)33(2,37)27-12-14-34(38)15-13-27/h3-17,19,30,35,37-38H,18,20-21H2,1-2H3/q+1. The van der Waals surface area contributed by atoms with Crippen molar-refractivity contribution in [3.8, 4) is 0 Å². The summed E-state index contributed by atoms with van der Waals surface area (Å²) in [4.78, 5) is 13.4. The Hall–Kier alpha value is -4.26. The molecule has 3 aromatic carbocycles. The number of benzene rings is 3. The molecule has 39 heavy (non-hydrogen) atoms. The van der Waals surface area contributed by atoms with E-state index in [-0.39, 0.29) is 24.7 Å². The Kier molecular flexibility index (Phi) is 7.33. The number of carbonyl (C=O) groups is 1. The normalized spacial score (nSPS) is 13.7. The summed E-state index contributed by atoms with van der Waals surface area (Å²) in [5.41, 5.74) is 4.75. The third kappa shape index (κ3) is 5.62. The fourth-order valence-corrected chi connectivity index (χ4v) is 5.18. The van der Waals surface area contributed by atoms with E-state index >= 15 is 0 Å². The Bertz CT molecular complexity index is 1600. The third-order valence-corrected chi connectivity index (χ3v) is 7.36. The van der Waals surface area contributed by atoms with Crippen LogP contribution in [-0.2, 0) is 23.4 Å². The molecule has 2 atom stereocenters. The lowest BCUT2D eigenvalue weighted by Crippen LogP contribution is -2.30. The van der Waals surface area contributed by atoms with Gasteiger partial charge in [0.05, 0.1) is 6.61 Å². The molecule has 2 unspecified atom stereocenters. The second-order valence-corrected chi connectivity index (χ2v) is 10.3. The van der Waals surface area contributed by atoms with Gasteiger partial charge in [0.1, 0.15) is 22.7 Å². The number of rotatable bonds is 9. The van der Waals surface area contributed by atoms with Gasteiger partial charge in [0.15, 0.2) is 0 Å². The van der Waals surface area contributed by atoms with Crippen molar-refractivity contribution in [2.45, 2.75) is 44.8 Å². The highest BCUT2D eigenvalue weighted by atomic mass is 16.5. The predicted molar refractivity (Wildman–Crippen MR) is 147 cm³/mol. The van der Waals surface area contributed by atoms with Gasteiger partial charge < -0.3 is 14.6 Å². The Morgan fingerprint density at radius 2 is 1.67 bits per heavy atom. The number of aliphatic hydroxyl groups excluding tert-OH is 1. The minimum Gasteiger partial charge on any atom is -0.458 e. The second-order valence-electron chi connectivity index (χ2n) is 10.3. The van der Waals surface area contributed by atoms with Crippen molar-refractivity contribution in [1.29, 1.82) is 0 Å². The molecule has 0 radical (unpaired) electrons. The topological polar surface area (TPSA) is 94.8 Å². The predicted octanol–water partition coefficient (Wildman–Crippen LogP) is 5.35. The van der Waals surface area contributed by atoms with E-state index in [4.69, 9.17) is 4.42 Å². The molecule has 3 N–H and O–H groups in total. The minimum atomic E-state index is -1.39. The van der Waals surface area contributed by atoms with E-state index in [9.17, 15) is 20.2 Å². The van der Waals surface area contributed by atoms with E-state index in [2.05, 4.69) is 12.1 Å². The van der Waals surface area contributed by atoms with Gasteiger partial charge >= 0.3 is 0 Å². The second kappa shape index (κ2) is 10.8. The first-order valence-electron chi connectivity index (χ1n) is 13.0. The lowest BCUT2D eigenvalue weighted by atomic mass is 9.83. The maximum atomic E-state index is 13.4. The third-order valence-electron chi connectivity index (χ3n) is 7.36. The average Bonchev–Trinajstić information content (AvgIpc) is 3.37. The van der Waals surface area contributed by atoms with Crippen LogP contribution in [0.4, 0.5) is 0 Å². The SMILES string of the molecule is Cc1cc(CO)ccc1C(CC(=O)Cc1ccc2oc(C(C)(O)c3cc[n+](O)cc3)cc2c1)c1ccccc1. The summed E-state index contributed by atoms with van der Waals surface area (Å²) < 4.78 is 6.88. The van der Waals surface area contributed by atoms with E-state index in [0.717, 1.165) is 37.9 Å². The van der Waals surface area contributed by atoms with Crippen molar-refractivity contribution in [3.05, 3.63) is 136 Å². The number of furan rings is 1. The molecule has 198 valence electrons. The van der Waals surface area contributed by atoms with Gasteiger partial charge in [-0.05, 0) is 59.9 Å². The van der Waals surface area contributed by atoms with Gasteiger partial charge in [-0.3, -0.25) is 10.0 Å². The van der Waals surface area contributed by atoms with Crippen LogP contribution in [0.15, 0.2) is 102 Å². The molecule has 0 saturated heterocycles. The number of nitrogens with zero attached hydrogens (tertiary/aromatic N) is 1. The molecule has 0 spiro atoms. The molecule has 5 rings (SSSR count). The summed E-state index contributed by atoms with van der Waals surface area (Å²) in [6.07, 6.45) is 3.52. The number of aromatic nitrogens is 1. The van der Waals surface area contributed by atoms with E-state index in [1.165, 1.54) is 12.4 Å². The smallest absolute Gasteiger partial charge is 0.222 e. The van der Waals surface area contributed by atoms with Gasteiger partial charge in [-0.1, -0.05) is 54.6 Å². The van der Waals surface area contributed by atoms with Gasteiger partial charge in [0, 0.05) is 46.6 Å². The number of aryl methyl sites for hydroxylation is 1. The molecule has 0 aliphatic heterocycles. The number of carbonyl (C=O) groups excluding carboxylic acids is 1. The monoisotopic (exact) mass is 522 g/mol. The van der Waals surface area contributed by atoms with Crippen molar-refractivity contribution < 1.29 is 29.4 Å². The molecule has 2 heterocycles. The van der Waals surface area contributed by atoms with E-state index in [1.54, 1.807) is 25.1 Å². The lowest BCUT2D eigenvalue weighted by Gasteiger charge is -2.20. The average molecular weight is 523 g/mol. The summed E-state index contributed by atoms with van der Waals surface area (Å²) >= 11 is 0. The Morgan fingerprint density at radius 3 is 2.36 bits per heavy atom. The van der Waals surface area contributed by atoms with Crippen LogP contribution in [0.3, 0.4) is 0 Å². The largest absolute Gasteiger partial charge is 0.458 e. The molecule has 0 bridgehead atoms.